The highest BCUT2D eigenvalue weighted by Crippen LogP contribution is 2.67. The number of para-hydroxylation sites is 2. The largest absolute Gasteiger partial charge is 0.456 e. The second-order valence-corrected chi connectivity index (χ2v) is 24.9. The fourth-order valence-corrected chi connectivity index (χ4v) is 13.7. The molecule has 3 aliphatic heterocycles. The number of fused-ring (bicyclic) bond motifs is 3. The van der Waals surface area contributed by atoms with E-state index in [2.05, 4.69) is 231 Å². The molecule has 0 N–H and O–H groups in total. The van der Waals surface area contributed by atoms with Crippen LogP contribution in [0.25, 0.3) is 27.5 Å². The summed E-state index contributed by atoms with van der Waals surface area (Å²) in [5, 5.41) is 4.79. The van der Waals surface area contributed by atoms with Gasteiger partial charge < -0.3 is 23.7 Å². The van der Waals surface area contributed by atoms with E-state index in [9.17, 15) is 0 Å². The molecule has 0 amide bonds. The van der Waals surface area contributed by atoms with Crippen molar-refractivity contribution in [3.63, 3.8) is 0 Å². The van der Waals surface area contributed by atoms with Crippen LogP contribution in [0.2, 0.25) is 0 Å². The van der Waals surface area contributed by atoms with Crippen LogP contribution in [0.5, 0.6) is 11.5 Å². The Morgan fingerprint density at radius 2 is 0.750 bits per heavy atom. The third-order valence-corrected chi connectivity index (χ3v) is 17.1. The Morgan fingerprint density at radius 3 is 1.12 bits per heavy atom. The smallest absolute Gasteiger partial charge is 0.186 e. The van der Waals surface area contributed by atoms with Crippen LogP contribution in [0, 0.1) is 0 Å². The van der Waals surface area contributed by atoms with E-state index in [0.717, 1.165) is 77.9 Å². The van der Waals surface area contributed by atoms with E-state index in [4.69, 9.17) is 4.74 Å². The minimum atomic E-state index is -3.63. The van der Waals surface area contributed by atoms with Gasteiger partial charge in [-0.25, -0.2) is 0 Å². The Bertz CT molecular complexity index is 3100. The van der Waals surface area contributed by atoms with Crippen LogP contribution in [0.3, 0.4) is 0 Å². The van der Waals surface area contributed by atoms with Crippen LogP contribution in [0.15, 0.2) is 133 Å². The first-order valence-electron chi connectivity index (χ1n) is 22.8. The molecule has 0 saturated heterocycles. The van der Waals surface area contributed by atoms with Crippen molar-refractivity contribution in [2.45, 2.75) is 105 Å². The Kier molecular flexibility index (Phi) is 8.44. The van der Waals surface area contributed by atoms with E-state index in [1.807, 2.05) is 0 Å². The number of hydrogen-bond acceptors (Lipinski definition) is 4. The molecule has 7 aromatic carbocycles. The van der Waals surface area contributed by atoms with E-state index in [1.165, 1.54) is 21.9 Å². The first kappa shape index (κ1) is 40.7. The summed E-state index contributed by atoms with van der Waals surface area (Å²) in [6.07, 6.45) is 0. The van der Waals surface area contributed by atoms with Gasteiger partial charge in [0, 0.05) is 22.1 Å². The van der Waals surface area contributed by atoms with Gasteiger partial charge in [-0.2, -0.15) is 0 Å². The van der Waals surface area contributed by atoms with Crippen LogP contribution >= 0.6 is 7.14 Å². The molecule has 0 saturated carbocycles. The molecule has 11 rings (SSSR count). The molecule has 0 bridgehead atoms. The molecule has 0 fully saturated rings. The van der Waals surface area contributed by atoms with Gasteiger partial charge in [-0.05, 0) is 117 Å². The molecule has 5 nitrogen and oxygen atoms in total. The SMILES string of the molecule is CC(C)(C)c1ccc(N2c3cc(C(C)(C)C)cc4c3P3(=O)c5c(cc(C(C)(C)C)cc5N(c5ccc(C(C)(C)C)cc5)c5cc(-n6c7ccccc7c7ccccc76)cc2c53)O4)cc1. The standard InChI is InChI=1S/C58H58N3O2P/c1-55(2,3)35-21-25-39(26-22-35)59-46-29-37(57(7,8)9)31-50-53(46)64(62)52-48(59)33-41(61-44-19-15-13-17-42(44)43-18-14-16-20-45(43)61)34-49(52)60(40-27-23-36(24-28-40)56(4,5)6)47-30-38(58(10,11)12)32-51(63-50)54(47)64/h13-34H,1-12H3. The molecule has 6 heteroatoms. The molecular formula is C58H58N3O2P. The molecule has 0 spiro atoms. The fourth-order valence-electron chi connectivity index (χ4n) is 10.3. The summed E-state index contributed by atoms with van der Waals surface area (Å²) in [6, 6.07) is 49.0. The number of benzene rings is 7. The third-order valence-electron chi connectivity index (χ3n) is 13.8. The Morgan fingerprint density at radius 1 is 0.391 bits per heavy atom. The summed E-state index contributed by atoms with van der Waals surface area (Å²) in [5.74, 6) is 1.36. The lowest BCUT2D eigenvalue weighted by Gasteiger charge is -2.48. The van der Waals surface area contributed by atoms with Gasteiger partial charge in [0.25, 0.3) is 0 Å². The molecule has 322 valence electrons. The van der Waals surface area contributed by atoms with Crippen LogP contribution in [0.1, 0.15) is 105 Å². The first-order chi connectivity index (χ1) is 30.1. The molecule has 0 unspecified atom stereocenters. The summed E-state index contributed by atoms with van der Waals surface area (Å²) in [4.78, 5) is 4.77. The van der Waals surface area contributed by atoms with Gasteiger partial charge in [0.1, 0.15) is 11.5 Å². The number of nitrogens with zero attached hydrogens (tertiary/aromatic N) is 3. The lowest BCUT2D eigenvalue weighted by molar-refractivity contribution is 0.477. The lowest BCUT2D eigenvalue weighted by atomic mass is 9.85. The second-order valence-electron chi connectivity index (χ2n) is 22.4. The zero-order valence-electron chi connectivity index (χ0n) is 39.3. The Labute approximate surface area is 378 Å². The molecule has 0 radical (unpaired) electrons. The normalized spacial score (nSPS) is 15.1. The minimum Gasteiger partial charge on any atom is -0.456 e. The quantitative estimate of drug-likeness (QED) is 0.166. The number of ether oxygens (including phenoxy) is 1. The highest BCUT2D eigenvalue weighted by Gasteiger charge is 2.55. The zero-order valence-corrected chi connectivity index (χ0v) is 40.2. The average molecular weight is 860 g/mol. The predicted octanol–water partition coefficient (Wildman–Crippen LogP) is 15.3. The molecule has 64 heavy (non-hydrogen) atoms. The van der Waals surface area contributed by atoms with Gasteiger partial charge in [0.2, 0.25) is 0 Å². The summed E-state index contributed by atoms with van der Waals surface area (Å²) in [5.41, 5.74) is 13.2. The van der Waals surface area contributed by atoms with Crippen molar-refractivity contribution in [2.75, 3.05) is 9.80 Å². The van der Waals surface area contributed by atoms with Crippen molar-refractivity contribution in [1.82, 2.24) is 4.57 Å². The zero-order chi connectivity index (χ0) is 45.0. The summed E-state index contributed by atoms with van der Waals surface area (Å²) in [6.45, 7) is 27.0. The van der Waals surface area contributed by atoms with Crippen molar-refractivity contribution in [2.24, 2.45) is 0 Å². The van der Waals surface area contributed by atoms with E-state index in [1.54, 1.807) is 0 Å². The summed E-state index contributed by atoms with van der Waals surface area (Å²) < 4.78 is 27.2. The number of anilines is 6. The molecule has 0 atom stereocenters. The summed E-state index contributed by atoms with van der Waals surface area (Å²) >= 11 is 0. The monoisotopic (exact) mass is 859 g/mol. The van der Waals surface area contributed by atoms with Crippen molar-refractivity contribution in [3.05, 3.63) is 156 Å². The molecule has 8 aromatic rings. The molecule has 3 aliphatic rings. The molecular weight excluding hydrogens is 802 g/mol. The van der Waals surface area contributed by atoms with Crippen LogP contribution in [0.4, 0.5) is 34.1 Å². The van der Waals surface area contributed by atoms with Crippen LogP contribution in [-0.4, -0.2) is 4.57 Å². The maximum absolute atomic E-state index is 17.5. The number of hydrogen-bond donors (Lipinski definition) is 0. The predicted molar refractivity (Wildman–Crippen MR) is 272 cm³/mol. The minimum absolute atomic E-state index is 0.0278. The van der Waals surface area contributed by atoms with Gasteiger partial charge >= 0.3 is 0 Å². The second kappa shape index (κ2) is 13.3. The number of rotatable bonds is 3. The first-order valence-corrected chi connectivity index (χ1v) is 24.5. The van der Waals surface area contributed by atoms with Gasteiger partial charge in [0.05, 0.1) is 55.4 Å². The topological polar surface area (TPSA) is 37.7 Å². The van der Waals surface area contributed by atoms with Crippen LogP contribution in [-0.2, 0) is 26.2 Å². The average Bonchev–Trinajstić information content (AvgIpc) is 3.56. The maximum Gasteiger partial charge on any atom is 0.186 e. The van der Waals surface area contributed by atoms with E-state index >= 15 is 4.57 Å². The van der Waals surface area contributed by atoms with E-state index in [-0.39, 0.29) is 21.7 Å². The maximum atomic E-state index is 17.5. The molecule has 1 aromatic heterocycles. The molecule has 0 aliphatic carbocycles. The van der Waals surface area contributed by atoms with Gasteiger partial charge in [-0.15, -0.1) is 0 Å². The summed E-state index contributed by atoms with van der Waals surface area (Å²) in [7, 11) is -3.63. The van der Waals surface area contributed by atoms with Crippen molar-refractivity contribution >= 4 is 79.0 Å². The fraction of sp³-hybridized carbons (Fsp3) is 0.276. The lowest BCUT2D eigenvalue weighted by Crippen LogP contribution is -2.46. The van der Waals surface area contributed by atoms with Gasteiger partial charge in [-0.3, -0.25) is 0 Å². The Balaban J connectivity index is 1.33. The van der Waals surface area contributed by atoms with Crippen molar-refractivity contribution in [3.8, 4) is 17.2 Å². The highest BCUT2D eigenvalue weighted by atomic mass is 31.2. The highest BCUT2D eigenvalue weighted by molar-refractivity contribution is 7.87. The Hall–Kier alpha value is -6.03. The molecule has 4 heterocycles. The van der Waals surface area contributed by atoms with Crippen LogP contribution < -0.4 is 30.5 Å². The third kappa shape index (κ3) is 5.85. The van der Waals surface area contributed by atoms with Gasteiger partial charge in [-0.1, -0.05) is 144 Å². The van der Waals surface area contributed by atoms with E-state index < -0.39 is 7.14 Å². The van der Waals surface area contributed by atoms with Crippen molar-refractivity contribution in [1.29, 1.82) is 0 Å². The van der Waals surface area contributed by atoms with Gasteiger partial charge in [0.15, 0.2) is 7.14 Å². The number of aromatic nitrogens is 1. The van der Waals surface area contributed by atoms with Crippen molar-refractivity contribution < 1.29 is 9.30 Å². The van der Waals surface area contributed by atoms with E-state index in [0.29, 0.717) is 11.5 Å².